The number of hydrogen-bond donors (Lipinski definition) is 1. The van der Waals surface area contributed by atoms with Gasteiger partial charge < -0.3 is 5.11 Å². The first-order valence-electron chi connectivity index (χ1n) is 8.22. The van der Waals surface area contributed by atoms with Crippen LogP contribution in [-0.2, 0) is 0 Å². The molecule has 21 heavy (non-hydrogen) atoms. The Morgan fingerprint density at radius 2 is 1.62 bits per heavy atom. The molecule has 1 fully saturated rings. The summed E-state index contributed by atoms with van der Waals surface area (Å²) in [5, 5.41) is 10.5. The molecule has 0 bridgehead atoms. The van der Waals surface area contributed by atoms with Gasteiger partial charge >= 0.3 is 0 Å². The van der Waals surface area contributed by atoms with Crippen LogP contribution in [0.5, 0.6) is 0 Å². The van der Waals surface area contributed by atoms with Gasteiger partial charge in [0.15, 0.2) is 0 Å². The molecule has 1 aromatic carbocycles. The number of hydrogen-bond acceptors (Lipinski definition) is 3. The highest BCUT2D eigenvalue weighted by atomic mass is 16.3. The van der Waals surface area contributed by atoms with Crippen LogP contribution < -0.4 is 0 Å². The largest absolute Gasteiger partial charge is 0.387 e. The van der Waals surface area contributed by atoms with Crippen LogP contribution in [0.1, 0.15) is 43.1 Å². The van der Waals surface area contributed by atoms with Crippen LogP contribution in [0.15, 0.2) is 18.2 Å². The molecule has 1 N–H and O–H groups in total. The van der Waals surface area contributed by atoms with Crippen molar-refractivity contribution in [3.63, 3.8) is 0 Å². The minimum atomic E-state index is -0.376. The van der Waals surface area contributed by atoms with Gasteiger partial charge in [0, 0.05) is 38.8 Å². The van der Waals surface area contributed by atoms with Crippen molar-refractivity contribution in [3.05, 3.63) is 34.9 Å². The molecule has 0 spiro atoms. The first-order valence-corrected chi connectivity index (χ1v) is 8.22. The molecular weight excluding hydrogens is 260 g/mol. The topological polar surface area (TPSA) is 26.7 Å². The smallest absolute Gasteiger partial charge is 0.0917 e. The van der Waals surface area contributed by atoms with E-state index in [1.807, 2.05) is 0 Å². The fourth-order valence-corrected chi connectivity index (χ4v) is 3.20. The standard InChI is InChI=1S/C18H30N2O/c1-5-16(4)20-8-6-19(7-9-20)13-18(21)17-11-14(2)10-15(3)12-17/h10-12,16,18,21H,5-9,13H2,1-4H3. The maximum atomic E-state index is 10.5. The number of benzene rings is 1. The predicted molar refractivity (Wildman–Crippen MR) is 88.6 cm³/mol. The second kappa shape index (κ2) is 7.39. The van der Waals surface area contributed by atoms with Crippen LogP contribution in [-0.4, -0.2) is 53.7 Å². The minimum Gasteiger partial charge on any atom is -0.387 e. The van der Waals surface area contributed by atoms with E-state index in [2.05, 4.69) is 55.7 Å². The van der Waals surface area contributed by atoms with E-state index in [0.29, 0.717) is 6.04 Å². The number of aryl methyl sites for hydroxylation is 2. The minimum absolute atomic E-state index is 0.376. The van der Waals surface area contributed by atoms with Gasteiger partial charge in [-0.25, -0.2) is 0 Å². The van der Waals surface area contributed by atoms with Gasteiger partial charge in [0.2, 0.25) is 0 Å². The van der Waals surface area contributed by atoms with E-state index in [1.165, 1.54) is 17.5 Å². The summed E-state index contributed by atoms with van der Waals surface area (Å²) in [4.78, 5) is 4.95. The third-order valence-corrected chi connectivity index (χ3v) is 4.68. The molecule has 1 aromatic rings. The molecule has 0 saturated carbocycles. The first-order chi connectivity index (χ1) is 9.99. The lowest BCUT2D eigenvalue weighted by Crippen LogP contribution is -2.50. The van der Waals surface area contributed by atoms with Gasteiger partial charge in [-0.3, -0.25) is 9.80 Å². The molecular formula is C18H30N2O. The lowest BCUT2D eigenvalue weighted by molar-refractivity contribution is 0.0584. The number of aliphatic hydroxyl groups excluding tert-OH is 1. The van der Waals surface area contributed by atoms with E-state index in [-0.39, 0.29) is 6.10 Å². The molecule has 1 saturated heterocycles. The summed E-state index contributed by atoms with van der Waals surface area (Å²) in [6.07, 6.45) is 0.837. The van der Waals surface area contributed by atoms with E-state index in [0.717, 1.165) is 38.3 Å². The highest BCUT2D eigenvalue weighted by Gasteiger charge is 2.22. The number of β-amino-alcohol motifs (C(OH)–C–C–N with tert-alkyl or cyclic N) is 1. The van der Waals surface area contributed by atoms with Gasteiger partial charge in [-0.15, -0.1) is 0 Å². The summed E-state index contributed by atoms with van der Waals surface area (Å²) < 4.78 is 0. The Morgan fingerprint density at radius 3 is 2.14 bits per heavy atom. The summed E-state index contributed by atoms with van der Waals surface area (Å²) in [7, 11) is 0. The molecule has 2 atom stereocenters. The quantitative estimate of drug-likeness (QED) is 0.903. The zero-order valence-corrected chi connectivity index (χ0v) is 14.0. The Bertz CT molecular complexity index is 432. The lowest BCUT2D eigenvalue weighted by Gasteiger charge is -2.38. The van der Waals surface area contributed by atoms with Crippen molar-refractivity contribution < 1.29 is 5.11 Å². The van der Waals surface area contributed by atoms with Gasteiger partial charge in [0.05, 0.1) is 6.10 Å². The monoisotopic (exact) mass is 290 g/mol. The molecule has 2 rings (SSSR count). The molecule has 0 radical (unpaired) electrons. The van der Waals surface area contributed by atoms with Crippen molar-refractivity contribution in [2.45, 2.75) is 46.3 Å². The highest BCUT2D eigenvalue weighted by molar-refractivity contribution is 5.30. The van der Waals surface area contributed by atoms with Crippen LogP contribution in [0.4, 0.5) is 0 Å². The second-order valence-corrected chi connectivity index (χ2v) is 6.53. The van der Waals surface area contributed by atoms with E-state index in [9.17, 15) is 5.11 Å². The number of aliphatic hydroxyl groups is 1. The molecule has 0 aromatic heterocycles. The predicted octanol–water partition coefficient (Wildman–Crippen LogP) is 2.75. The van der Waals surface area contributed by atoms with Crippen molar-refractivity contribution >= 4 is 0 Å². The Hall–Kier alpha value is -0.900. The Balaban J connectivity index is 1.88. The third-order valence-electron chi connectivity index (χ3n) is 4.68. The molecule has 1 aliphatic rings. The van der Waals surface area contributed by atoms with E-state index < -0.39 is 0 Å². The van der Waals surface area contributed by atoms with Crippen molar-refractivity contribution in [1.82, 2.24) is 9.80 Å². The summed E-state index contributed by atoms with van der Waals surface area (Å²) in [6, 6.07) is 7.04. The SMILES string of the molecule is CCC(C)N1CCN(CC(O)c2cc(C)cc(C)c2)CC1. The highest BCUT2D eigenvalue weighted by Crippen LogP contribution is 2.19. The molecule has 3 heteroatoms. The van der Waals surface area contributed by atoms with Crippen LogP contribution in [0.25, 0.3) is 0 Å². The molecule has 3 nitrogen and oxygen atoms in total. The number of rotatable bonds is 5. The first kappa shape index (κ1) is 16.5. The van der Waals surface area contributed by atoms with Gasteiger partial charge in [-0.2, -0.15) is 0 Å². The maximum Gasteiger partial charge on any atom is 0.0917 e. The fraction of sp³-hybridized carbons (Fsp3) is 0.667. The fourth-order valence-electron chi connectivity index (χ4n) is 3.20. The average molecular weight is 290 g/mol. The molecule has 1 heterocycles. The summed E-state index contributed by atoms with van der Waals surface area (Å²) in [5.41, 5.74) is 3.51. The summed E-state index contributed by atoms with van der Waals surface area (Å²) in [6.45, 7) is 13.8. The zero-order chi connectivity index (χ0) is 15.4. The van der Waals surface area contributed by atoms with Crippen molar-refractivity contribution in [3.8, 4) is 0 Å². The van der Waals surface area contributed by atoms with Gasteiger partial charge in [0.1, 0.15) is 0 Å². The normalized spacial score (nSPS) is 20.4. The van der Waals surface area contributed by atoms with E-state index >= 15 is 0 Å². The van der Waals surface area contributed by atoms with Crippen molar-refractivity contribution in [1.29, 1.82) is 0 Å². The average Bonchev–Trinajstić information content (AvgIpc) is 2.46. The zero-order valence-electron chi connectivity index (χ0n) is 14.0. The van der Waals surface area contributed by atoms with Crippen LogP contribution in [0.3, 0.4) is 0 Å². The Morgan fingerprint density at radius 1 is 1.05 bits per heavy atom. The van der Waals surface area contributed by atoms with Gasteiger partial charge in [0.25, 0.3) is 0 Å². The molecule has 118 valence electrons. The molecule has 0 aliphatic carbocycles. The van der Waals surface area contributed by atoms with Gasteiger partial charge in [-0.1, -0.05) is 36.2 Å². The van der Waals surface area contributed by atoms with Gasteiger partial charge in [-0.05, 0) is 32.8 Å². The molecule has 1 aliphatic heterocycles. The molecule has 2 unspecified atom stereocenters. The van der Waals surface area contributed by atoms with Crippen LogP contribution in [0.2, 0.25) is 0 Å². The summed E-state index contributed by atoms with van der Waals surface area (Å²) in [5.74, 6) is 0. The maximum absolute atomic E-state index is 10.5. The number of piperazine rings is 1. The Labute approximate surface area is 129 Å². The van der Waals surface area contributed by atoms with Crippen LogP contribution >= 0.6 is 0 Å². The molecule has 0 amide bonds. The lowest BCUT2D eigenvalue weighted by atomic mass is 10.0. The third kappa shape index (κ3) is 4.53. The van der Waals surface area contributed by atoms with Crippen LogP contribution in [0, 0.1) is 13.8 Å². The number of nitrogens with zero attached hydrogens (tertiary/aromatic N) is 2. The van der Waals surface area contributed by atoms with E-state index in [1.54, 1.807) is 0 Å². The van der Waals surface area contributed by atoms with Crippen molar-refractivity contribution in [2.75, 3.05) is 32.7 Å². The second-order valence-electron chi connectivity index (χ2n) is 6.53. The van der Waals surface area contributed by atoms with E-state index in [4.69, 9.17) is 0 Å². The van der Waals surface area contributed by atoms with Crippen molar-refractivity contribution in [2.24, 2.45) is 0 Å². The summed E-state index contributed by atoms with van der Waals surface area (Å²) >= 11 is 0. The Kier molecular flexibility index (Phi) is 5.80.